The third-order valence-electron chi connectivity index (χ3n) is 5.83. The molecule has 0 saturated carbocycles. The molecule has 0 radical (unpaired) electrons. The summed E-state index contributed by atoms with van der Waals surface area (Å²) in [6.07, 6.45) is 0. The summed E-state index contributed by atoms with van der Waals surface area (Å²) in [5.74, 6) is -25.9. The normalized spacial score (nSPS) is 10.9. The zero-order valence-electron chi connectivity index (χ0n) is 21.6. The topological polar surface area (TPSA) is 123 Å². The van der Waals surface area contributed by atoms with Gasteiger partial charge in [0, 0.05) is 0 Å². The summed E-state index contributed by atoms with van der Waals surface area (Å²) in [7, 11) is 2.11. The lowest BCUT2D eigenvalue weighted by Gasteiger charge is -2.16. The van der Waals surface area contributed by atoms with Gasteiger partial charge >= 0.3 is 11.4 Å². The van der Waals surface area contributed by atoms with Gasteiger partial charge in [0.1, 0.15) is 11.5 Å². The van der Waals surface area contributed by atoms with Crippen LogP contribution in [0.15, 0.2) is 36.4 Å². The van der Waals surface area contributed by atoms with Gasteiger partial charge in [-0.2, -0.15) is 17.6 Å². The fourth-order valence-electron chi connectivity index (χ4n) is 3.83. The van der Waals surface area contributed by atoms with Gasteiger partial charge in [0.25, 0.3) is 0 Å². The predicted octanol–water partition coefficient (Wildman–Crippen LogP) is 7.88. The van der Waals surface area contributed by atoms with Crippen LogP contribution in [0.1, 0.15) is 0 Å². The van der Waals surface area contributed by atoms with E-state index in [1.165, 1.54) is 0 Å². The highest BCUT2D eigenvalue weighted by molar-refractivity contribution is 5.70. The average Bonchev–Trinajstić information content (AvgIpc) is 3.00. The Balaban J connectivity index is 1.82. The van der Waals surface area contributed by atoms with Crippen LogP contribution in [-0.4, -0.2) is 24.1 Å². The van der Waals surface area contributed by atoms with E-state index >= 15 is 17.6 Å². The predicted molar refractivity (Wildman–Crippen MR) is 131 cm³/mol. The van der Waals surface area contributed by atoms with E-state index in [4.69, 9.17) is 18.9 Å². The van der Waals surface area contributed by atoms with Gasteiger partial charge in [-0.15, -0.1) is 0 Å². The van der Waals surface area contributed by atoms with Gasteiger partial charge in [-0.3, -0.25) is 20.2 Å². The third kappa shape index (κ3) is 5.32. The fourth-order valence-corrected chi connectivity index (χ4v) is 3.83. The molecule has 0 aromatic heterocycles. The first-order chi connectivity index (χ1) is 20.7. The fraction of sp³-hybridized carbons (Fsp3) is 0.0769. The van der Waals surface area contributed by atoms with Crippen LogP contribution in [0, 0.1) is 66.8 Å². The number of methoxy groups -OCH3 is 2. The highest BCUT2D eigenvalue weighted by Crippen LogP contribution is 2.44. The molecule has 0 aliphatic rings. The molecule has 0 heterocycles. The van der Waals surface area contributed by atoms with E-state index in [2.05, 4.69) is 0 Å². The molecule has 0 bridgehead atoms. The van der Waals surface area contributed by atoms with Gasteiger partial charge in [0.2, 0.25) is 34.8 Å². The van der Waals surface area contributed by atoms with E-state index < -0.39 is 102 Å². The molecule has 230 valence electrons. The molecule has 4 aromatic rings. The molecular weight excluding hydrogens is 620 g/mol. The summed E-state index contributed by atoms with van der Waals surface area (Å²) < 4.78 is 138. The maximum absolute atomic E-state index is 15.0. The molecule has 4 rings (SSSR count). The molecule has 0 unspecified atom stereocenters. The summed E-state index contributed by atoms with van der Waals surface area (Å²) in [6, 6.07) is 4.68. The standard InChI is InChI=1S/C26H12F8N2O8/c1-41-13-5-3-9(7-11(13)35(37)38)43-25-21(31)17(27)15(18(28)22(25)32)16-19(29)23(33)26(24(34)20(16)30)44-10-4-6-14(42-2)12(8-10)36(39)40/h3-8H,1-2H3. The molecule has 0 N–H and O–H groups in total. The molecule has 0 amide bonds. The van der Waals surface area contributed by atoms with Crippen molar-refractivity contribution < 1.29 is 63.9 Å². The van der Waals surface area contributed by atoms with Gasteiger partial charge in [0.15, 0.2) is 34.8 Å². The maximum atomic E-state index is 15.0. The maximum Gasteiger partial charge on any atom is 0.314 e. The number of hydrogen-bond acceptors (Lipinski definition) is 8. The summed E-state index contributed by atoms with van der Waals surface area (Å²) in [5, 5.41) is 22.3. The molecule has 0 saturated heterocycles. The van der Waals surface area contributed by atoms with Crippen molar-refractivity contribution in [1.82, 2.24) is 0 Å². The Morgan fingerprint density at radius 3 is 1.07 bits per heavy atom. The number of hydrogen-bond donors (Lipinski definition) is 0. The molecule has 44 heavy (non-hydrogen) atoms. The third-order valence-corrected chi connectivity index (χ3v) is 5.83. The van der Waals surface area contributed by atoms with Crippen LogP contribution in [0.3, 0.4) is 0 Å². The van der Waals surface area contributed by atoms with Crippen LogP contribution >= 0.6 is 0 Å². The molecule has 0 atom stereocenters. The minimum absolute atomic E-state index is 0.330. The van der Waals surface area contributed by atoms with Crippen LogP contribution in [0.25, 0.3) is 11.1 Å². The van der Waals surface area contributed by atoms with Crippen molar-refractivity contribution in [3.05, 3.63) is 103 Å². The molecule has 10 nitrogen and oxygen atoms in total. The van der Waals surface area contributed by atoms with E-state index in [0.717, 1.165) is 38.5 Å². The Labute approximate surface area is 238 Å². The molecule has 0 fully saturated rings. The zero-order chi connectivity index (χ0) is 32.6. The first-order valence-corrected chi connectivity index (χ1v) is 11.5. The molecule has 0 aliphatic heterocycles. The van der Waals surface area contributed by atoms with Gasteiger partial charge in [-0.05, 0) is 24.3 Å². The second kappa shape index (κ2) is 11.9. The number of nitro groups is 2. The van der Waals surface area contributed by atoms with E-state index in [-0.39, 0.29) is 11.5 Å². The summed E-state index contributed by atoms with van der Waals surface area (Å²) in [6.45, 7) is 0. The van der Waals surface area contributed by atoms with Crippen LogP contribution in [0.5, 0.6) is 34.5 Å². The minimum Gasteiger partial charge on any atom is -0.490 e. The number of halogens is 8. The Kier molecular flexibility index (Phi) is 8.45. The van der Waals surface area contributed by atoms with Crippen molar-refractivity contribution in [3.8, 4) is 45.6 Å². The van der Waals surface area contributed by atoms with Crippen molar-refractivity contribution in [2.75, 3.05) is 14.2 Å². The monoisotopic (exact) mass is 632 g/mol. The Hall–Kier alpha value is -5.68. The van der Waals surface area contributed by atoms with Crippen LogP contribution in [-0.2, 0) is 0 Å². The van der Waals surface area contributed by atoms with E-state index in [9.17, 15) is 37.8 Å². The highest BCUT2D eigenvalue weighted by Gasteiger charge is 2.36. The first kappa shape index (κ1) is 31.3. The van der Waals surface area contributed by atoms with E-state index in [1.54, 1.807) is 0 Å². The number of nitrogens with zero attached hydrogens (tertiary/aromatic N) is 2. The Morgan fingerprint density at radius 1 is 0.523 bits per heavy atom. The van der Waals surface area contributed by atoms with E-state index in [1.807, 2.05) is 0 Å². The van der Waals surface area contributed by atoms with E-state index in [0.29, 0.717) is 12.1 Å². The second-order valence-corrected chi connectivity index (χ2v) is 8.31. The van der Waals surface area contributed by atoms with Crippen LogP contribution < -0.4 is 18.9 Å². The quantitative estimate of drug-likeness (QED) is 0.0790. The summed E-state index contributed by atoms with van der Waals surface area (Å²) in [4.78, 5) is 20.4. The van der Waals surface area contributed by atoms with Gasteiger partial charge < -0.3 is 18.9 Å². The average molecular weight is 632 g/mol. The largest absolute Gasteiger partial charge is 0.490 e. The smallest absolute Gasteiger partial charge is 0.314 e. The number of nitro benzene ring substituents is 2. The lowest BCUT2D eigenvalue weighted by Crippen LogP contribution is -2.09. The van der Waals surface area contributed by atoms with Crippen molar-refractivity contribution in [2.45, 2.75) is 0 Å². The highest BCUT2D eigenvalue weighted by atomic mass is 19.2. The summed E-state index contributed by atoms with van der Waals surface area (Å²) in [5.41, 5.74) is -6.03. The van der Waals surface area contributed by atoms with Crippen molar-refractivity contribution in [3.63, 3.8) is 0 Å². The van der Waals surface area contributed by atoms with Crippen LogP contribution in [0.2, 0.25) is 0 Å². The molecule has 0 aliphatic carbocycles. The summed E-state index contributed by atoms with van der Waals surface area (Å²) >= 11 is 0. The van der Waals surface area contributed by atoms with Crippen LogP contribution in [0.4, 0.5) is 46.5 Å². The molecule has 0 spiro atoms. The van der Waals surface area contributed by atoms with Gasteiger partial charge in [0.05, 0.1) is 47.3 Å². The minimum atomic E-state index is -2.57. The molecule has 4 aromatic carbocycles. The lowest BCUT2D eigenvalue weighted by molar-refractivity contribution is -0.385. The van der Waals surface area contributed by atoms with Crippen molar-refractivity contribution in [1.29, 1.82) is 0 Å². The van der Waals surface area contributed by atoms with Crippen molar-refractivity contribution in [2.24, 2.45) is 0 Å². The Bertz CT molecular complexity index is 1660. The first-order valence-electron chi connectivity index (χ1n) is 11.5. The van der Waals surface area contributed by atoms with Gasteiger partial charge in [-0.25, -0.2) is 17.6 Å². The zero-order valence-corrected chi connectivity index (χ0v) is 21.6. The SMILES string of the molecule is COc1ccc(Oc2c(F)c(F)c(-c3c(F)c(F)c(Oc4ccc(OC)c([N+](=O)[O-])c4)c(F)c3F)c(F)c2F)cc1[N+](=O)[O-]. The number of benzene rings is 4. The number of rotatable bonds is 9. The van der Waals surface area contributed by atoms with Gasteiger partial charge in [-0.1, -0.05) is 0 Å². The molecule has 18 heteroatoms. The lowest BCUT2D eigenvalue weighted by atomic mass is 10.0. The molecular formula is C26H12F8N2O8. The van der Waals surface area contributed by atoms with Crippen molar-refractivity contribution >= 4 is 11.4 Å². The second-order valence-electron chi connectivity index (χ2n) is 8.31. The number of ether oxygens (including phenoxy) is 4. The Morgan fingerprint density at radius 2 is 0.818 bits per heavy atom.